The van der Waals surface area contributed by atoms with Crippen molar-refractivity contribution in [3.8, 4) is 0 Å². The Bertz CT molecular complexity index is 473. The van der Waals surface area contributed by atoms with Gasteiger partial charge in [0.2, 0.25) is 0 Å². The van der Waals surface area contributed by atoms with Crippen LogP contribution in [0.1, 0.15) is 17.3 Å². The Morgan fingerprint density at radius 3 is 2.67 bits per heavy atom. The highest BCUT2D eigenvalue weighted by atomic mass is 79.9. The van der Waals surface area contributed by atoms with Gasteiger partial charge in [0.25, 0.3) is 0 Å². The lowest BCUT2D eigenvalue weighted by molar-refractivity contribution is -0.152. The molecule has 0 fully saturated rings. The van der Waals surface area contributed by atoms with Crippen LogP contribution >= 0.6 is 15.9 Å². The van der Waals surface area contributed by atoms with Gasteiger partial charge < -0.3 is 10.1 Å². The Morgan fingerprint density at radius 2 is 2.06 bits per heavy atom. The molecule has 0 aliphatic carbocycles. The number of halogens is 1. The third-order valence-corrected chi connectivity index (χ3v) is 2.53. The second-order valence-corrected chi connectivity index (χ2v) is 3.87. The predicted octanol–water partition coefficient (Wildman–Crippen LogP) is 1.77. The van der Waals surface area contributed by atoms with Crippen molar-refractivity contribution < 1.29 is 19.1 Å². The fourth-order valence-electron chi connectivity index (χ4n) is 1.23. The average Bonchev–Trinajstić information content (AvgIpc) is 2.38. The number of Topliss-reactive ketones (excluding diaryl/α,β-unsaturated/α-hetero) is 1. The summed E-state index contributed by atoms with van der Waals surface area (Å²) in [6.07, 6.45) is 0. The summed E-state index contributed by atoms with van der Waals surface area (Å²) >= 11 is 3.06. The van der Waals surface area contributed by atoms with E-state index in [0.717, 1.165) is 0 Å². The number of ketones is 1. The van der Waals surface area contributed by atoms with Gasteiger partial charge in [-0.1, -0.05) is 28.1 Å². The largest absolute Gasteiger partial charge is 0.459 e. The van der Waals surface area contributed by atoms with Gasteiger partial charge >= 0.3 is 11.9 Å². The van der Waals surface area contributed by atoms with Crippen LogP contribution in [0, 0.1) is 0 Å². The molecule has 0 saturated carbocycles. The molecule has 0 bridgehead atoms. The van der Waals surface area contributed by atoms with Crippen LogP contribution in [0.25, 0.3) is 0 Å². The molecule has 0 aromatic heterocycles. The van der Waals surface area contributed by atoms with Crippen LogP contribution in [0.4, 0.5) is 5.69 Å². The molecule has 0 aliphatic heterocycles. The molecule has 18 heavy (non-hydrogen) atoms. The summed E-state index contributed by atoms with van der Waals surface area (Å²) in [7, 11) is 0. The van der Waals surface area contributed by atoms with Crippen LogP contribution in [0.3, 0.4) is 0 Å². The van der Waals surface area contributed by atoms with E-state index >= 15 is 0 Å². The number of nitrogens with one attached hydrogen (secondary N) is 1. The van der Waals surface area contributed by atoms with E-state index in [-0.39, 0.29) is 17.7 Å². The van der Waals surface area contributed by atoms with Crippen molar-refractivity contribution in [1.29, 1.82) is 0 Å². The number of anilines is 1. The molecule has 0 atom stereocenters. The number of benzene rings is 1. The molecule has 6 heteroatoms. The maximum Gasteiger partial charge on any atom is 0.397 e. The minimum Gasteiger partial charge on any atom is -0.459 e. The van der Waals surface area contributed by atoms with Gasteiger partial charge in [0.1, 0.15) is 0 Å². The zero-order valence-electron chi connectivity index (χ0n) is 9.73. The van der Waals surface area contributed by atoms with E-state index in [4.69, 9.17) is 0 Å². The van der Waals surface area contributed by atoms with Crippen LogP contribution in [0.2, 0.25) is 0 Å². The topological polar surface area (TPSA) is 72.5 Å². The van der Waals surface area contributed by atoms with Gasteiger partial charge in [-0.2, -0.15) is 0 Å². The number of hydrogen-bond donors (Lipinski definition) is 1. The van der Waals surface area contributed by atoms with Gasteiger partial charge in [-0.25, -0.2) is 4.79 Å². The van der Waals surface area contributed by atoms with E-state index in [2.05, 4.69) is 26.0 Å². The lowest BCUT2D eigenvalue weighted by Gasteiger charge is -2.05. The molecule has 0 radical (unpaired) electrons. The van der Waals surface area contributed by atoms with Gasteiger partial charge in [0, 0.05) is 11.3 Å². The monoisotopic (exact) mass is 313 g/mol. The van der Waals surface area contributed by atoms with E-state index < -0.39 is 11.9 Å². The summed E-state index contributed by atoms with van der Waals surface area (Å²) in [5.74, 6) is -1.92. The fraction of sp³-hybridized carbons (Fsp3) is 0.250. The zero-order chi connectivity index (χ0) is 13.5. The summed E-state index contributed by atoms with van der Waals surface area (Å²) in [5.41, 5.74) is 0.827. The highest BCUT2D eigenvalue weighted by Gasteiger charge is 2.15. The van der Waals surface area contributed by atoms with Gasteiger partial charge in [0.05, 0.1) is 11.9 Å². The molecule has 1 amide bonds. The van der Waals surface area contributed by atoms with Crippen molar-refractivity contribution in [3.63, 3.8) is 0 Å². The third kappa shape index (κ3) is 3.96. The van der Waals surface area contributed by atoms with Crippen LogP contribution in [-0.4, -0.2) is 29.6 Å². The molecule has 1 aromatic rings. The normalized spacial score (nSPS) is 9.67. The third-order valence-electron chi connectivity index (χ3n) is 2.02. The number of hydrogen-bond acceptors (Lipinski definition) is 4. The lowest BCUT2D eigenvalue weighted by Crippen LogP contribution is -2.25. The minimum absolute atomic E-state index is 0.109. The molecule has 1 rings (SSSR count). The Morgan fingerprint density at radius 1 is 1.33 bits per heavy atom. The SMILES string of the molecule is CCOC(=O)C(=O)Nc1cccc(C(=O)CBr)c1. The summed E-state index contributed by atoms with van der Waals surface area (Å²) in [5, 5.41) is 2.56. The molecule has 0 aliphatic rings. The standard InChI is InChI=1S/C12H12BrNO4/c1-2-18-12(17)11(16)14-9-5-3-4-8(6-9)10(15)7-13/h3-6H,2,7H2,1H3,(H,14,16). The number of alkyl halides is 1. The van der Waals surface area contributed by atoms with Crippen LogP contribution < -0.4 is 5.32 Å². The molecule has 1 aromatic carbocycles. The maximum absolute atomic E-state index is 11.4. The number of ether oxygens (including phenoxy) is 1. The fourth-order valence-corrected chi connectivity index (χ4v) is 1.55. The smallest absolute Gasteiger partial charge is 0.397 e. The Kier molecular flexibility index (Phi) is 5.51. The molecular weight excluding hydrogens is 302 g/mol. The van der Waals surface area contributed by atoms with Crippen LogP contribution in [0.15, 0.2) is 24.3 Å². The van der Waals surface area contributed by atoms with E-state index in [1.54, 1.807) is 25.1 Å². The maximum atomic E-state index is 11.4. The van der Waals surface area contributed by atoms with E-state index in [1.807, 2.05) is 0 Å². The zero-order valence-corrected chi connectivity index (χ0v) is 11.3. The van der Waals surface area contributed by atoms with Gasteiger partial charge in [-0.05, 0) is 19.1 Å². The summed E-state index contributed by atoms with van der Waals surface area (Å²) in [6.45, 7) is 1.74. The van der Waals surface area contributed by atoms with Crippen molar-refractivity contribution >= 4 is 39.3 Å². The molecule has 5 nitrogen and oxygen atoms in total. The van der Waals surface area contributed by atoms with E-state index in [1.165, 1.54) is 6.07 Å². The number of carbonyl (C=O) groups excluding carboxylic acids is 3. The van der Waals surface area contributed by atoms with Crippen molar-refractivity contribution in [2.45, 2.75) is 6.92 Å². The summed E-state index contributed by atoms with van der Waals surface area (Å²) in [4.78, 5) is 33.9. The summed E-state index contributed by atoms with van der Waals surface area (Å²) in [6, 6.07) is 6.34. The van der Waals surface area contributed by atoms with Crippen molar-refractivity contribution in [2.75, 3.05) is 17.3 Å². The number of amides is 1. The van der Waals surface area contributed by atoms with Crippen LogP contribution in [0.5, 0.6) is 0 Å². The van der Waals surface area contributed by atoms with Crippen LogP contribution in [-0.2, 0) is 14.3 Å². The van der Waals surface area contributed by atoms with E-state index in [9.17, 15) is 14.4 Å². The van der Waals surface area contributed by atoms with Crippen molar-refractivity contribution in [3.05, 3.63) is 29.8 Å². The second kappa shape index (κ2) is 6.90. The number of esters is 1. The van der Waals surface area contributed by atoms with Crippen molar-refractivity contribution in [1.82, 2.24) is 0 Å². The highest BCUT2D eigenvalue weighted by Crippen LogP contribution is 2.12. The lowest BCUT2D eigenvalue weighted by atomic mass is 10.1. The number of rotatable bonds is 4. The quantitative estimate of drug-likeness (QED) is 0.398. The first kappa shape index (κ1) is 14.4. The second-order valence-electron chi connectivity index (χ2n) is 3.31. The van der Waals surface area contributed by atoms with Gasteiger partial charge in [0.15, 0.2) is 5.78 Å². The first-order chi connectivity index (χ1) is 8.58. The molecule has 0 spiro atoms. The molecule has 0 unspecified atom stereocenters. The summed E-state index contributed by atoms with van der Waals surface area (Å²) < 4.78 is 4.55. The first-order valence-corrected chi connectivity index (χ1v) is 6.38. The van der Waals surface area contributed by atoms with E-state index in [0.29, 0.717) is 11.3 Å². The van der Waals surface area contributed by atoms with Gasteiger partial charge in [-0.3, -0.25) is 9.59 Å². The Hall–Kier alpha value is -1.69. The first-order valence-electron chi connectivity index (χ1n) is 5.25. The predicted molar refractivity (Wildman–Crippen MR) is 69.8 cm³/mol. The van der Waals surface area contributed by atoms with Crippen molar-refractivity contribution in [2.24, 2.45) is 0 Å². The van der Waals surface area contributed by atoms with Gasteiger partial charge in [-0.15, -0.1) is 0 Å². The molecule has 0 saturated heterocycles. The minimum atomic E-state index is -0.949. The number of carbonyl (C=O) groups is 3. The average molecular weight is 314 g/mol. The molecule has 1 N–H and O–H groups in total. The molecule has 96 valence electrons. The highest BCUT2D eigenvalue weighted by molar-refractivity contribution is 9.09. The molecule has 0 heterocycles. The Labute approximate surface area is 113 Å². The molecular formula is C12H12BrNO4. The Balaban J connectivity index is 2.76.